The number of rotatable bonds is 6. The van der Waals surface area contributed by atoms with Crippen molar-refractivity contribution in [3.8, 4) is 5.75 Å². The average molecular weight is 370 g/mol. The third-order valence-electron chi connectivity index (χ3n) is 3.95. The van der Waals surface area contributed by atoms with E-state index in [2.05, 4.69) is 10.4 Å². The number of ether oxygens (including phenoxy) is 1. The quantitative estimate of drug-likeness (QED) is 0.704. The smallest absolute Gasteiger partial charge is 0.266 e. The van der Waals surface area contributed by atoms with Gasteiger partial charge in [0.1, 0.15) is 11.6 Å². The molecule has 26 heavy (non-hydrogen) atoms. The van der Waals surface area contributed by atoms with Gasteiger partial charge in [-0.3, -0.25) is 4.79 Å². The van der Waals surface area contributed by atoms with E-state index < -0.39 is 6.10 Å². The van der Waals surface area contributed by atoms with Gasteiger partial charge in [-0.15, -0.1) is 0 Å². The molecule has 134 valence electrons. The van der Waals surface area contributed by atoms with Crippen molar-refractivity contribution in [2.45, 2.75) is 26.5 Å². The number of hydrogen-bond donors (Lipinski definition) is 1. The number of nitrogens with one attached hydrogen (secondary N) is 1. The molecule has 0 bridgehead atoms. The molecule has 0 aliphatic rings. The highest BCUT2D eigenvalue weighted by Gasteiger charge is 2.17. The van der Waals surface area contributed by atoms with Crippen molar-refractivity contribution in [1.82, 2.24) is 9.78 Å². The topological polar surface area (TPSA) is 56.1 Å². The average Bonchev–Trinajstić information content (AvgIpc) is 3.05. The summed E-state index contributed by atoms with van der Waals surface area (Å²) in [5.41, 5.74) is 2.00. The summed E-state index contributed by atoms with van der Waals surface area (Å²) >= 11 is 6.01. The number of carbonyl (C=O) groups is 1. The summed E-state index contributed by atoms with van der Waals surface area (Å²) in [6.07, 6.45) is 1.00. The van der Waals surface area contributed by atoms with Crippen LogP contribution in [0.25, 0.3) is 0 Å². The van der Waals surface area contributed by atoms with Gasteiger partial charge in [-0.25, -0.2) is 4.68 Å². The standard InChI is InChI=1S/C20H20ClN3O2/c1-14-12-17(8-9-18(14)21)26-15(2)20(25)23-19-10-11-22-24(19)13-16-6-4-3-5-7-16/h3-12,15H,13H2,1-2H3,(H,23,25). The summed E-state index contributed by atoms with van der Waals surface area (Å²) in [4.78, 5) is 12.5. The van der Waals surface area contributed by atoms with Crippen LogP contribution in [0.5, 0.6) is 5.75 Å². The predicted octanol–water partition coefficient (Wildman–Crippen LogP) is 4.30. The molecular formula is C20H20ClN3O2. The maximum atomic E-state index is 12.5. The first kappa shape index (κ1) is 18.0. The van der Waals surface area contributed by atoms with Crippen LogP contribution in [0.1, 0.15) is 18.1 Å². The first-order valence-corrected chi connectivity index (χ1v) is 8.70. The number of nitrogens with zero attached hydrogens (tertiary/aromatic N) is 2. The predicted molar refractivity (Wildman–Crippen MR) is 103 cm³/mol. The minimum atomic E-state index is -0.657. The van der Waals surface area contributed by atoms with Crippen LogP contribution >= 0.6 is 11.6 Å². The van der Waals surface area contributed by atoms with E-state index in [0.717, 1.165) is 11.1 Å². The summed E-state index contributed by atoms with van der Waals surface area (Å²) in [7, 11) is 0. The molecule has 0 aliphatic carbocycles. The molecule has 5 nitrogen and oxygen atoms in total. The Balaban J connectivity index is 1.64. The molecule has 1 atom stereocenters. The van der Waals surface area contributed by atoms with E-state index in [1.165, 1.54) is 0 Å². The fourth-order valence-electron chi connectivity index (χ4n) is 2.50. The van der Waals surface area contributed by atoms with Gasteiger partial charge in [-0.2, -0.15) is 5.10 Å². The summed E-state index contributed by atoms with van der Waals surface area (Å²) in [6.45, 7) is 4.17. The number of hydrogen-bond acceptors (Lipinski definition) is 3. The summed E-state index contributed by atoms with van der Waals surface area (Å²) in [6, 6.07) is 17.0. The lowest BCUT2D eigenvalue weighted by molar-refractivity contribution is -0.122. The van der Waals surface area contributed by atoms with Crippen LogP contribution in [0.15, 0.2) is 60.8 Å². The molecule has 0 fully saturated rings. The highest BCUT2D eigenvalue weighted by molar-refractivity contribution is 6.31. The van der Waals surface area contributed by atoms with Crippen LogP contribution in [0.2, 0.25) is 5.02 Å². The van der Waals surface area contributed by atoms with Gasteiger partial charge in [-0.05, 0) is 43.2 Å². The Bertz CT molecular complexity index is 893. The molecule has 0 spiro atoms. The van der Waals surface area contributed by atoms with E-state index >= 15 is 0 Å². The fraction of sp³-hybridized carbons (Fsp3) is 0.200. The number of halogens is 1. The molecule has 1 heterocycles. The monoisotopic (exact) mass is 369 g/mol. The molecule has 3 rings (SSSR count). The van der Waals surface area contributed by atoms with Crippen molar-refractivity contribution in [3.05, 3.63) is 76.9 Å². The SMILES string of the molecule is Cc1cc(OC(C)C(=O)Nc2ccnn2Cc2ccccc2)ccc1Cl. The second-order valence-electron chi connectivity index (χ2n) is 6.02. The van der Waals surface area contributed by atoms with E-state index in [-0.39, 0.29) is 5.91 Å². The van der Waals surface area contributed by atoms with Gasteiger partial charge in [0.15, 0.2) is 6.10 Å². The summed E-state index contributed by atoms with van der Waals surface area (Å²) in [5, 5.41) is 7.81. The summed E-state index contributed by atoms with van der Waals surface area (Å²) in [5.74, 6) is 0.987. The molecule has 6 heteroatoms. The van der Waals surface area contributed by atoms with Crippen molar-refractivity contribution < 1.29 is 9.53 Å². The Hall–Kier alpha value is -2.79. The van der Waals surface area contributed by atoms with Gasteiger partial charge < -0.3 is 10.1 Å². The van der Waals surface area contributed by atoms with E-state index in [0.29, 0.717) is 23.1 Å². The molecule has 1 unspecified atom stereocenters. The van der Waals surface area contributed by atoms with Gasteiger partial charge in [0, 0.05) is 11.1 Å². The molecule has 3 aromatic rings. The van der Waals surface area contributed by atoms with Crippen molar-refractivity contribution in [2.75, 3.05) is 5.32 Å². The molecule has 0 aliphatic heterocycles. The minimum Gasteiger partial charge on any atom is -0.481 e. The molecule has 1 amide bonds. The van der Waals surface area contributed by atoms with Crippen molar-refractivity contribution in [3.63, 3.8) is 0 Å². The van der Waals surface area contributed by atoms with E-state index in [4.69, 9.17) is 16.3 Å². The third kappa shape index (κ3) is 4.43. The van der Waals surface area contributed by atoms with E-state index in [1.54, 1.807) is 36.0 Å². The highest BCUT2D eigenvalue weighted by atomic mass is 35.5. The second kappa shape index (κ2) is 8.06. The Morgan fingerprint density at radius 3 is 2.73 bits per heavy atom. The fourth-order valence-corrected chi connectivity index (χ4v) is 2.61. The summed E-state index contributed by atoms with van der Waals surface area (Å²) < 4.78 is 7.46. The molecule has 1 N–H and O–H groups in total. The van der Waals surface area contributed by atoms with E-state index in [9.17, 15) is 4.79 Å². The highest BCUT2D eigenvalue weighted by Crippen LogP contribution is 2.22. The Labute approximate surface area is 157 Å². The van der Waals surface area contributed by atoms with Crippen molar-refractivity contribution in [2.24, 2.45) is 0 Å². The van der Waals surface area contributed by atoms with Gasteiger partial charge >= 0.3 is 0 Å². The molecule has 0 saturated carbocycles. The molecule has 1 aromatic heterocycles. The normalized spacial score (nSPS) is 11.8. The number of benzene rings is 2. The van der Waals surface area contributed by atoms with Crippen LogP contribution in [0.4, 0.5) is 5.82 Å². The van der Waals surface area contributed by atoms with E-state index in [1.807, 2.05) is 43.3 Å². The minimum absolute atomic E-state index is 0.243. The number of aryl methyl sites for hydroxylation is 1. The van der Waals surface area contributed by atoms with Crippen LogP contribution in [-0.2, 0) is 11.3 Å². The number of anilines is 1. The lowest BCUT2D eigenvalue weighted by Crippen LogP contribution is -2.31. The molecule has 2 aromatic carbocycles. The maximum absolute atomic E-state index is 12.5. The third-order valence-corrected chi connectivity index (χ3v) is 4.38. The molecule has 0 saturated heterocycles. The van der Waals surface area contributed by atoms with Crippen LogP contribution in [0.3, 0.4) is 0 Å². The van der Waals surface area contributed by atoms with Gasteiger partial charge in [0.25, 0.3) is 5.91 Å². The Morgan fingerprint density at radius 1 is 1.23 bits per heavy atom. The Kier molecular flexibility index (Phi) is 5.58. The zero-order valence-electron chi connectivity index (χ0n) is 14.6. The first-order chi connectivity index (χ1) is 12.5. The number of amides is 1. The lowest BCUT2D eigenvalue weighted by atomic mass is 10.2. The largest absolute Gasteiger partial charge is 0.481 e. The van der Waals surface area contributed by atoms with Crippen molar-refractivity contribution >= 4 is 23.3 Å². The van der Waals surface area contributed by atoms with Crippen LogP contribution in [-0.4, -0.2) is 21.8 Å². The second-order valence-corrected chi connectivity index (χ2v) is 6.43. The maximum Gasteiger partial charge on any atom is 0.266 e. The van der Waals surface area contributed by atoms with Gasteiger partial charge in [0.2, 0.25) is 0 Å². The molecule has 0 radical (unpaired) electrons. The van der Waals surface area contributed by atoms with Gasteiger partial charge in [-0.1, -0.05) is 41.9 Å². The van der Waals surface area contributed by atoms with Crippen LogP contribution in [0, 0.1) is 6.92 Å². The van der Waals surface area contributed by atoms with Gasteiger partial charge in [0.05, 0.1) is 12.7 Å². The number of carbonyl (C=O) groups excluding carboxylic acids is 1. The number of aromatic nitrogens is 2. The first-order valence-electron chi connectivity index (χ1n) is 8.32. The zero-order chi connectivity index (χ0) is 18.5. The molecular weight excluding hydrogens is 350 g/mol. The lowest BCUT2D eigenvalue weighted by Gasteiger charge is -2.16. The van der Waals surface area contributed by atoms with Crippen LogP contribution < -0.4 is 10.1 Å². The zero-order valence-corrected chi connectivity index (χ0v) is 15.4. The Morgan fingerprint density at radius 2 is 2.00 bits per heavy atom. The van der Waals surface area contributed by atoms with Crippen molar-refractivity contribution in [1.29, 1.82) is 0 Å².